The van der Waals surface area contributed by atoms with Crippen LogP contribution in [0.15, 0.2) is 11.4 Å². The summed E-state index contributed by atoms with van der Waals surface area (Å²) in [5, 5.41) is 10.9. The van der Waals surface area contributed by atoms with Gasteiger partial charge in [-0.1, -0.05) is 6.92 Å². The van der Waals surface area contributed by atoms with Crippen molar-refractivity contribution >= 4 is 11.3 Å². The summed E-state index contributed by atoms with van der Waals surface area (Å²) in [5.74, 6) is 0.259. The average Bonchev–Trinajstić information content (AvgIpc) is 2.50. The molecule has 1 fully saturated rings. The first-order valence-corrected chi connectivity index (χ1v) is 5.00. The fraction of sp³-hybridized carbons (Fsp3) is 0.500. The Bertz CT molecular complexity index is 347. The first-order valence-electron chi connectivity index (χ1n) is 4.12. The van der Waals surface area contributed by atoms with Crippen LogP contribution < -0.4 is 0 Å². The number of aryl methyl sites for hydroxylation is 1. The van der Waals surface area contributed by atoms with Gasteiger partial charge in [-0.15, -0.1) is 11.3 Å². The Morgan fingerprint density at radius 3 is 2.92 bits per heavy atom. The first-order chi connectivity index (χ1) is 5.68. The summed E-state index contributed by atoms with van der Waals surface area (Å²) in [6.45, 7) is 4.32. The molecule has 1 aromatic rings. The maximum atomic E-state index is 8.79. The summed E-state index contributed by atoms with van der Waals surface area (Å²) < 4.78 is 0. The van der Waals surface area contributed by atoms with Crippen molar-refractivity contribution in [2.24, 2.45) is 5.92 Å². The van der Waals surface area contributed by atoms with Gasteiger partial charge in [0, 0.05) is 10.3 Å². The molecule has 12 heavy (non-hydrogen) atoms. The minimum atomic E-state index is 0.188. The molecular formula is C10H11NS. The van der Waals surface area contributed by atoms with Crippen LogP contribution in [0.4, 0.5) is 0 Å². The lowest BCUT2D eigenvalue weighted by molar-refractivity contribution is 0.754. The van der Waals surface area contributed by atoms with Gasteiger partial charge < -0.3 is 0 Å². The van der Waals surface area contributed by atoms with Crippen molar-refractivity contribution in [2.45, 2.75) is 25.7 Å². The summed E-state index contributed by atoms with van der Waals surface area (Å²) >= 11 is 1.79. The standard InChI is InChI=1S/C10H11NS/c1-7-3-4-12-9(7)10(2)5-8(10)6-11/h3-4,8H,5H2,1-2H3. The molecule has 0 aromatic carbocycles. The zero-order chi connectivity index (χ0) is 8.77. The highest BCUT2D eigenvalue weighted by molar-refractivity contribution is 7.10. The van der Waals surface area contributed by atoms with Crippen molar-refractivity contribution in [1.29, 1.82) is 5.26 Å². The van der Waals surface area contributed by atoms with E-state index in [2.05, 4.69) is 31.4 Å². The Hall–Kier alpha value is -0.810. The highest BCUT2D eigenvalue weighted by Gasteiger charge is 2.53. The molecule has 0 N–H and O–H groups in total. The summed E-state index contributed by atoms with van der Waals surface area (Å²) in [7, 11) is 0. The number of nitriles is 1. The van der Waals surface area contributed by atoms with E-state index >= 15 is 0 Å². The van der Waals surface area contributed by atoms with Crippen molar-refractivity contribution in [1.82, 2.24) is 0 Å². The maximum absolute atomic E-state index is 8.79. The molecular weight excluding hydrogens is 166 g/mol. The van der Waals surface area contributed by atoms with Gasteiger partial charge in [-0.3, -0.25) is 0 Å². The van der Waals surface area contributed by atoms with Crippen LogP contribution in [0.3, 0.4) is 0 Å². The molecule has 0 amide bonds. The minimum Gasteiger partial charge on any atom is -0.198 e. The lowest BCUT2D eigenvalue weighted by atomic mass is 10.0. The van der Waals surface area contributed by atoms with E-state index in [4.69, 9.17) is 5.26 Å². The molecule has 0 bridgehead atoms. The van der Waals surface area contributed by atoms with E-state index in [0.29, 0.717) is 0 Å². The van der Waals surface area contributed by atoms with Gasteiger partial charge in [0.15, 0.2) is 0 Å². The Labute approximate surface area is 76.6 Å². The zero-order valence-corrected chi connectivity index (χ0v) is 8.11. The summed E-state index contributed by atoms with van der Waals surface area (Å²) in [5.41, 5.74) is 1.53. The predicted molar refractivity (Wildman–Crippen MR) is 50.1 cm³/mol. The van der Waals surface area contributed by atoms with Gasteiger partial charge in [0.2, 0.25) is 0 Å². The van der Waals surface area contributed by atoms with Crippen molar-refractivity contribution in [2.75, 3.05) is 0 Å². The molecule has 2 heteroatoms. The van der Waals surface area contributed by atoms with E-state index in [-0.39, 0.29) is 11.3 Å². The molecule has 1 nitrogen and oxygen atoms in total. The van der Waals surface area contributed by atoms with E-state index in [1.807, 2.05) is 0 Å². The topological polar surface area (TPSA) is 23.8 Å². The van der Waals surface area contributed by atoms with Crippen LogP contribution in [0, 0.1) is 24.2 Å². The second kappa shape index (κ2) is 2.34. The number of rotatable bonds is 1. The molecule has 2 rings (SSSR count). The molecule has 0 radical (unpaired) electrons. The molecule has 0 aliphatic heterocycles. The molecule has 1 saturated carbocycles. The van der Waals surface area contributed by atoms with Gasteiger partial charge in [0.25, 0.3) is 0 Å². The molecule has 1 heterocycles. The van der Waals surface area contributed by atoms with E-state index in [9.17, 15) is 0 Å². The molecule has 2 atom stereocenters. The van der Waals surface area contributed by atoms with Crippen molar-refractivity contribution in [3.05, 3.63) is 21.9 Å². The van der Waals surface area contributed by atoms with Gasteiger partial charge in [-0.25, -0.2) is 0 Å². The van der Waals surface area contributed by atoms with E-state index in [1.54, 1.807) is 11.3 Å². The second-order valence-electron chi connectivity index (χ2n) is 3.74. The van der Waals surface area contributed by atoms with E-state index in [0.717, 1.165) is 6.42 Å². The highest BCUT2D eigenvalue weighted by atomic mass is 32.1. The lowest BCUT2D eigenvalue weighted by Gasteiger charge is -2.06. The minimum absolute atomic E-state index is 0.188. The normalized spacial score (nSPS) is 32.9. The molecule has 0 spiro atoms. The van der Waals surface area contributed by atoms with Crippen molar-refractivity contribution in [3.8, 4) is 6.07 Å². The number of nitrogens with zero attached hydrogens (tertiary/aromatic N) is 1. The van der Waals surface area contributed by atoms with Crippen LogP contribution in [-0.2, 0) is 5.41 Å². The van der Waals surface area contributed by atoms with E-state index in [1.165, 1.54) is 10.4 Å². The summed E-state index contributed by atoms with van der Waals surface area (Å²) in [6.07, 6.45) is 1.05. The Kier molecular flexibility index (Phi) is 1.52. The van der Waals surface area contributed by atoms with Crippen molar-refractivity contribution < 1.29 is 0 Å². The molecule has 2 unspecified atom stereocenters. The fourth-order valence-electron chi connectivity index (χ4n) is 1.76. The second-order valence-corrected chi connectivity index (χ2v) is 4.65. The van der Waals surface area contributed by atoms with Gasteiger partial charge in [0.05, 0.1) is 12.0 Å². The molecule has 62 valence electrons. The number of hydrogen-bond donors (Lipinski definition) is 0. The van der Waals surface area contributed by atoms with Gasteiger partial charge >= 0.3 is 0 Å². The fourth-order valence-corrected chi connectivity index (χ4v) is 2.92. The molecule has 1 aliphatic carbocycles. The van der Waals surface area contributed by atoms with Crippen LogP contribution in [0.25, 0.3) is 0 Å². The Morgan fingerprint density at radius 2 is 2.50 bits per heavy atom. The predicted octanol–water partition coefficient (Wildman–Crippen LogP) is 2.86. The molecule has 0 saturated heterocycles. The quantitative estimate of drug-likeness (QED) is 0.647. The van der Waals surface area contributed by atoms with Gasteiger partial charge in [-0.2, -0.15) is 5.26 Å². The van der Waals surface area contributed by atoms with Gasteiger partial charge in [0.1, 0.15) is 0 Å². The third-order valence-corrected chi connectivity index (χ3v) is 4.07. The first kappa shape index (κ1) is 7.82. The SMILES string of the molecule is Cc1ccsc1C1(C)CC1C#N. The van der Waals surface area contributed by atoms with Crippen LogP contribution in [0.2, 0.25) is 0 Å². The smallest absolute Gasteiger partial charge is 0.0665 e. The van der Waals surface area contributed by atoms with Crippen LogP contribution >= 0.6 is 11.3 Å². The Balaban J connectivity index is 2.35. The zero-order valence-electron chi connectivity index (χ0n) is 7.29. The maximum Gasteiger partial charge on any atom is 0.0665 e. The largest absolute Gasteiger partial charge is 0.198 e. The Morgan fingerprint density at radius 1 is 1.75 bits per heavy atom. The van der Waals surface area contributed by atoms with Crippen LogP contribution in [-0.4, -0.2) is 0 Å². The summed E-state index contributed by atoms with van der Waals surface area (Å²) in [4.78, 5) is 1.41. The molecule has 1 aliphatic rings. The van der Waals surface area contributed by atoms with Gasteiger partial charge in [-0.05, 0) is 30.4 Å². The van der Waals surface area contributed by atoms with Crippen LogP contribution in [0.5, 0.6) is 0 Å². The summed E-state index contributed by atoms with van der Waals surface area (Å²) in [6, 6.07) is 4.49. The third kappa shape index (κ3) is 0.899. The monoisotopic (exact) mass is 177 g/mol. The van der Waals surface area contributed by atoms with Crippen molar-refractivity contribution in [3.63, 3.8) is 0 Å². The number of hydrogen-bond acceptors (Lipinski definition) is 2. The van der Waals surface area contributed by atoms with E-state index < -0.39 is 0 Å². The number of thiophene rings is 1. The lowest BCUT2D eigenvalue weighted by Crippen LogP contribution is -2.02. The van der Waals surface area contributed by atoms with Crippen LogP contribution in [0.1, 0.15) is 23.8 Å². The third-order valence-electron chi connectivity index (χ3n) is 2.77. The highest BCUT2D eigenvalue weighted by Crippen LogP contribution is 2.55. The molecule has 1 aromatic heterocycles. The average molecular weight is 177 g/mol.